The molecule has 5 nitrogen and oxygen atoms in total. The maximum atomic E-state index is 11.8. The van der Waals surface area contributed by atoms with Crippen LogP contribution in [0.15, 0.2) is 22.7 Å². The van der Waals surface area contributed by atoms with E-state index in [9.17, 15) is 13.2 Å². The Labute approximate surface area is 133 Å². The average Bonchev–Trinajstić information content (AvgIpc) is 2.71. The maximum absolute atomic E-state index is 11.8. The van der Waals surface area contributed by atoms with Gasteiger partial charge in [0.05, 0.1) is 11.5 Å². The molecule has 1 aromatic carbocycles. The summed E-state index contributed by atoms with van der Waals surface area (Å²) in [7, 11) is -2.95. The van der Waals surface area contributed by atoms with E-state index >= 15 is 0 Å². The molecule has 21 heavy (non-hydrogen) atoms. The highest BCUT2D eigenvalue weighted by molar-refractivity contribution is 9.10. The summed E-state index contributed by atoms with van der Waals surface area (Å²) in [4.78, 5) is 11.8. The van der Waals surface area contributed by atoms with Crippen molar-refractivity contribution in [1.29, 1.82) is 0 Å². The van der Waals surface area contributed by atoms with Crippen molar-refractivity contribution in [1.82, 2.24) is 5.32 Å². The Morgan fingerprint density at radius 2 is 2.19 bits per heavy atom. The zero-order chi connectivity index (χ0) is 15.5. The lowest BCUT2D eigenvalue weighted by Crippen LogP contribution is -2.36. The second kappa shape index (κ2) is 6.79. The molecule has 1 heterocycles. The van der Waals surface area contributed by atoms with Gasteiger partial charge in [-0.1, -0.05) is 15.9 Å². The van der Waals surface area contributed by atoms with Crippen LogP contribution in [0.3, 0.4) is 0 Å². The van der Waals surface area contributed by atoms with Gasteiger partial charge in [-0.25, -0.2) is 8.42 Å². The van der Waals surface area contributed by atoms with Gasteiger partial charge < -0.3 is 10.6 Å². The number of hydrogen-bond donors (Lipinski definition) is 2. The highest BCUT2D eigenvalue weighted by Gasteiger charge is 2.28. The first-order valence-corrected chi connectivity index (χ1v) is 9.47. The monoisotopic (exact) mass is 374 g/mol. The van der Waals surface area contributed by atoms with E-state index in [-0.39, 0.29) is 23.5 Å². The summed E-state index contributed by atoms with van der Waals surface area (Å²) < 4.78 is 23.7. The number of anilines is 1. The number of halogens is 1. The van der Waals surface area contributed by atoms with Gasteiger partial charge in [-0.05, 0) is 37.1 Å². The van der Waals surface area contributed by atoms with Gasteiger partial charge in [-0.15, -0.1) is 0 Å². The first kappa shape index (κ1) is 16.3. The third kappa shape index (κ3) is 5.00. The molecule has 1 aliphatic heterocycles. The van der Waals surface area contributed by atoms with Gasteiger partial charge in [-0.3, -0.25) is 4.79 Å². The van der Waals surface area contributed by atoms with Crippen molar-refractivity contribution in [2.24, 2.45) is 0 Å². The van der Waals surface area contributed by atoms with Gasteiger partial charge in [-0.2, -0.15) is 0 Å². The summed E-state index contributed by atoms with van der Waals surface area (Å²) in [6, 6.07) is 5.68. The predicted octanol–water partition coefficient (Wildman–Crippen LogP) is 1.86. The van der Waals surface area contributed by atoms with E-state index in [0.29, 0.717) is 19.4 Å². The molecule has 2 rings (SSSR count). The lowest BCUT2D eigenvalue weighted by molar-refractivity contribution is -0.121. The molecule has 0 radical (unpaired) electrons. The van der Waals surface area contributed by atoms with Crippen molar-refractivity contribution in [2.75, 3.05) is 23.4 Å². The van der Waals surface area contributed by atoms with Crippen molar-refractivity contribution in [3.8, 4) is 0 Å². The zero-order valence-electron chi connectivity index (χ0n) is 11.9. The molecule has 0 saturated carbocycles. The van der Waals surface area contributed by atoms with Crippen LogP contribution in [0, 0.1) is 6.92 Å². The summed E-state index contributed by atoms with van der Waals surface area (Å²) in [5.41, 5.74) is 2.10. The molecule has 0 aromatic heterocycles. The average molecular weight is 375 g/mol. The molecule has 1 unspecified atom stereocenters. The fourth-order valence-corrected chi connectivity index (χ4v) is 4.49. The fraction of sp³-hybridized carbons (Fsp3) is 0.500. The second-order valence-electron chi connectivity index (χ2n) is 5.30. The van der Waals surface area contributed by atoms with Crippen molar-refractivity contribution < 1.29 is 13.2 Å². The maximum Gasteiger partial charge on any atom is 0.222 e. The molecule has 1 aliphatic rings. The van der Waals surface area contributed by atoms with Crippen LogP contribution >= 0.6 is 15.9 Å². The molecule has 1 atom stereocenters. The third-order valence-electron chi connectivity index (χ3n) is 3.45. The van der Waals surface area contributed by atoms with Crippen molar-refractivity contribution >= 4 is 37.4 Å². The topological polar surface area (TPSA) is 75.3 Å². The van der Waals surface area contributed by atoms with E-state index in [1.165, 1.54) is 0 Å². The first-order valence-electron chi connectivity index (χ1n) is 6.85. The summed E-state index contributed by atoms with van der Waals surface area (Å²) in [6.45, 7) is 2.52. The van der Waals surface area contributed by atoms with Gasteiger partial charge in [0.2, 0.25) is 5.91 Å². The molecule has 1 aromatic rings. The molecule has 7 heteroatoms. The molecule has 0 spiro atoms. The zero-order valence-corrected chi connectivity index (χ0v) is 14.3. The number of rotatable bonds is 5. The number of sulfone groups is 1. The number of carbonyl (C=O) groups excluding carboxylic acids is 1. The van der Waals surface area contributed by atoms with Gasteiger partial charge in [0.1, 0.15) is 0 Å². The van der Waals surface area contributed by atoms with Gasteiger partial charge in [0.25, 0.3) is 0 Å². The standard InChI is InChI=1S/C14H19BrN2O3S/c1-10-8-11(15)2-3-13(10)16-6-4-14(18)17-12-5-7-21(19,20)9-12/h2-3,8,12,16H,4-7,9H2,1H3,(H,17,18). The minimum absolute atomic E-state index is 0.0674. The molecule has 116 valence electrons. The van der Waals surface area contributed by atoms with Crippen LogP contribution in [-0.2, 0) is 14.6 Å². The van der Waals surface area contributed by atoms with Gasteiger partial charge in [0.15, 0.2) is 9.84 Å². The Bertz CT molecular complexity index is 631. The SMILES string of the molecule is Cc1cc(Br)ccc1NCCC(=O)NC1CCS(=O)(=O)C1. The molecule has 0 aliphatic carbocycles. The normalized spacial score (nSPS) is 20.2. The molecule has 0 bridgehead atoms. The van der Waals surface area contributed by atoms with Crippen LogP contribution in [0.5, 0.6) is 0 Å². The first-order chi connectivity index (χ1) is 9.85. The fourth-order valence-electron chi connectivity index (χ4n) is 2.34. The van der Waals surface area contributed by atoms with E-state index in [4.69, 9.17) is 0 Å². The molecule has 1 saturated heterocycles. The number of benzene rings is 1. The van der Waals surface area contributed by atoms with E-state index in [1.54, 1.807) is 0 Å². The van der Waals surface area contributed by atoms with Crippen LogP contribution in [-0.4, -0.2) is 38.4 Å². The van der Waals surface area contributed by atoms with Crippen molar-refractivity contribution in [3.63, 3.8) is 0 Å². The van der Waals surface area contributed by atoms with Crippen molar-refractivity contribution in [2.45, 2.75) is 25.8 Å². The third-order valence-corrected chi connectivity index (χ3v) is 5.71. The Balaban J connectivity index is 1.74. The highest BCUT2D eigenvalue weighted by atomic mass is 79.9. The predicted molar refractivity (Wildman–Crippen MR) is 87.2 cm³/mol. The van der Waals surface area contributed by atoms with E-state index in [1.807, 2.05) is 25.1 Å². The minimum atomic E-state index is -2.95. The van der Waals surface area contributed by atoms with Crippen LogP contribution in [0.25, 0.3) is 0 Å². The largest absolute Gasteiger partial charge is 0.384 e. The van der Waals surface area contributed by atoms with E-state index < -0.39 is 9.84 Å². The summed E-state index contributed by atoms with van der Waals surface area (Å²) in [6.07, 6.45) is 0.847. The number of hydrogen-bond acceptors (Lipinski definition) is 4. The Morgan fingerprint density at radius 1 is 1.43 bits per heavy atom. The van der Waals surface area contributed by atoms with E-state index in [0.717, 1.165) is 15.7 Å². The number of nitrogens with one attached hydrogen (secondary N) is 2. The Hall–Kier alpha value is -1.08. The molecule has 2 N–H and O–H groups in total. The summed E-state index contributed by atoms with van der Waals surface area (Å²) in [5, 5.41) is 5.99. The lowest BCUT2D eigenvalue weighted by Gasteiger charge is -2.12. The number of aryl methyl sites for hydroxylation is 1. The highest BCUT2D eigenvalue weighted by Crippen LogP contribution is 2.19. The smallest absolute Gasteiger partial charge is 0.222 e. The number of amides is 1. The lowest BCUT2D eigenvalue weighted by atomic mass is 10.2. The molecular formula is C14H19BrN2O3S. The van der Waals surface area contributed by atoms with E-state index in [2.05, 4.69) is 26.6 Å². The Morgan fingerprint density at radius 3 is 2.81 bits per heavy atom. The Kier molecular flexibility index (Phi) is 5.27. The summed E-state index contributed by atoms with van der Waals surface area (Å²) >= 11 is 3.40. The van der Waals surface area contributed by atoms with Gasteiger partial charge in [0, 0.05) is 29.2 Å². The minimum Gasteiger partial charge on any atom is -0.384 e. The summed E-state index contributed by atoms with van der Waals surface area (Å²) in [5.74, 6) is 0.131. The van der Waals surface area contributed by atoms with Crippen LogP contribution in [0.4, 0.5) is 5.69 Å². The number of carbonyl (C=O) groups is 1. The second-order valence-corrected chi connectivity index (χ2v) is 8.45. The quantitative estimate of drug-likeness (QED) is 0.824. The van der Waals surface area contributed by atoms with Crippen molar-refractivity contribution in [3.05, 3.63) is 28.2 Å². The van der Waals surface area contributed by atoms with Crippen LogP contribution in [0.2, 0.25) is 0 Å². The van der Waals surface area contributed by atoms with Crippen LogP contribution in [0.1, 0.15) is 18.4 Å². The van der Waals surface area contributed by atoms with Gasteiger partial charge >= 0.3 is 0 Å². The molecular weight excluding hydrogens is 356 g/mol. The molecule has 1 amide bonds. The van der Waals surface area contributed by atoms with Crippen LogP contribution < -0.4 is 10.6 Å². The molecule has 1 fully saturated rings.